The largest absolute Gasteiger partial charge is 0.507 e. The molecular formula is C19H19F3N2O3. The summed E-state index contributed by atoms with van der Waals surface area (Å²) in [5, 5.41) is 12.2. The van der Waals surface area contributed by atoms with Gasteiger partial charge < -0.3 is 15.3 Å². The van der Waals surface area contributed by atoms with Crippen LogP contribution in [0.2, 0.25) is 0 Å². The van der Waals surface area contributed by atoms with Gasteiger partial charge >= 0.3 is 0 Å². The van der Waals surface area contributed by atoms with E-state index in [4.69, 9.17) is 0 Å². The molecule has 0 aromatic heterocycles. The molecular weight excluding hydrogens is 361 g/mol. The highest BCUT2D eigenvalue weighted by molar-refractivity contribution is 6.01. The fraction of sp³-hybridized carbons (Fsp3) is 0.263. The van der Waals surface area contributed by atoms with Gasteiger partial charge in [0, 0.05) is 6.54 Å². The third-order valence-corrected chi connectivity index (χ3v) is 3.89. The van der Waals surface area contributed by atoms with E-state index in [-0.39, 0.29) is 17.9 Å². The van der Waals surface area contributed by atoms with E-state index in [1.807, 2.05) is 0 Å². The number of amides is 2. The summed E-state index contributed by atoms with van der Waals surface area (Å²) >= 11 is 0. The third kappa shape index (κ3) is 4.58. The number of phenols is 1. The molecule has 5 nitrogen and oxygen atoms in total. The predicted octanol–water partition coefficient (Wildman–Crippen LogP) is 3.61. The fourth-order valence-corrected chi connectivity index (χ4v) is 2.51. The lowest BCUT2D eigenvalue weighted by Gasteiger charge is -2.22. The molecule has 2 aromatic carbocycles. The van der Waals surface area contributed by atoms with Gasteiger partial charge in [0.25, 0.3) is 5.91 Å². The summed E-state index contributed by atoms with van der Waals surface area (Å²) in [5.74, 6) is -6.13. The summed E-state index contributed by atoms with van der Waals surface area (Å²) < 4.78 is 39.9. The zero-order chi connectivity index (χ0) is 20.1. The number of carbonyl (C=O) groups is 2. The van der Waals surface area contributed by atoms with Gasteiger partial charge in [0.05, 0.1) is 11.3 Å². The molecule has 0 fully saturated rings. The van der Waals surface area contributed by atoms with Crippen LogP contribution in [0.25, 0.3) is 0 Å². The Morgan fingerprint density at radius 2 is 1.81 bits per heavy atom. The number of hydrogen-bond donors (Lipinski definition) is 2. The van der Waals surface area contributed by atoms with Gasteiger partial charge in [-0.2, -0.15) is 0 Å². The molecule has 0 aliphatic rings. The summed E-state index contributed by atoms with van der Waals surface area (Å²) in [6.45, 7) is 3.19. The van der Waals surface area contributed by atoms with Crippen molar-refractivity contribution in [1.29, 1.82) is 0 Å². The highest BCUT2D eigenvalue weighted by atomic mass is 19.2. The maximum absolute atomic E-state index is 13.7. The van der Waals surface area contributed by atoms with Gasteiger partial charge in [0.2, 0.25) is 5.91 Å². The van der Waals surface area contributed by atoms with Gasteiger partial charge in [-0.1, -0.05) is 19.1 Å². The van der Waals surface area contributed by atoms with E-state index in [9.17, 15) is 27.9 Å². The van der Waals surface area contributed by atoms with Crippen molar-refractivity contribution >= 4 is 17.5 Å². The molecule has 0 heterocycles. The first-order valence-corrected chi connectivity index (χ1v) is 8.27. The Kier molecular flexibility index (Phi) is 6.44. The Morgan fingerprint density at radius 1 is 1.11 bits per heavy atom. The van der Waals surface area contributed by atoms with Crippen molar-refractivity contribution in [2.24, 2.45) is 0 Å². The number of aromatic hydroxyl groups is 1. The summed E-state index contributed by atoms with van der Waals surface area (Å²) in [7, 11) is 0. The number of phenolic OH excluding ortho intramolecular Hbond substituents is 1. The predicted molar refractivity (Wildman–Crippen MR) is 94.0 cm³/mol. The van der Waals surface area contributed by atoms with Gasteiger partial charge in [-0.25, -0.2) is 13.2 Å². The number of rotatable bonds is 6. The van der Waals surface area contributed by atoms with Crippen LogP contribution in [0.5, 0.6) is 5.75 Å². The average molecular weight is 380 g/mol. The zero-order valence-corrected chi connectivity index (χ0v) is 14.9. The van der Waals surface area contributed by atoms with E-state index in [1.54, 1.807) is 26.0 Å². The van der Waals surface area contributed by atoms with Gasteiger partial charge in [0.1, 0.15) is 12.3 Å². The lowest BCUT2D eigenvalue weighted by atomic mass is 10.1. The standard InChI is InChI=1S/C19H19F3N2O3/c1-3-9-24(19(27)12-6-4-5-11(2)18(12)26)10-15(25)23-14-8-7-13(20)16(21)17(14)22/h4-8,26H,3,9-10H2,1-2H3,(H,23,25). The van der Waals surface area contributed by atoms with Crippen LogP contribution in [0.3, 0.4) is 0 Å². The second-order valence-electron chi connectivity index (χ2n) is 5.97. The number of carbonyl (C=O) groups excluding carboxylic acids is 2. The molecule has 2 aromatic rings. The van der Waals surface area contributed by atoms with Gasteiger partial charge in [0.15, 0.2) is 17.5 Å². The normalized spacial score (nSPS) is 10.6. The molecule has 2 amide bonds. The number of hydrogen-bond acceptors (Lipinski definition) is 3. The highest BCUT2D eigenvalue weighted by Crippen LogP contribution is 2.23. The van der Waals surface area contributed by atoms with Crippen LogP contribution in [-0.2, 0) is 4.79 Å². The quantitative estimate of drug-likeness (QED) is 0.753. The molecule has 0 radical (unpaired) electrons. The molecule has 8 heteroatoms. The molecule has 0 saturated carbocycles. The molecule has 2 N–H and O–H groups in total. The Labute approximate surface area is 154 Å². The molecule has 0 aliphatic heterocycles. The lowest BCUT2D eigenvalue weighted by molar-refractivity contribution is -0.116. The molecule has 144 valence electrons. The molecule has 0 spiro atoms. The highest BCUT2D eigenvalue weighted by Gasteiger charge is 2.22. The number of para-hydroxylation sites is 1. The molecule has 2 rings (SSSR count). The van der Waals surface area contributed by atoms with E-state index in [1.165, 1.54) is 11.0 Å². The van der Waals surface area contributed by atoms with Crippen LogP contribution in [-0.4, -0.2) is 34.9 Å². The summed E-state index contributed by atoms with van der Waals surface area (Å²) in [6, 6.07) is 6.25. The van der Waals surface area contributed by atoms with Crippen LogP contribution in [0, 0.1) is 24.4 Å². The lowest BCUT2D eigenvalue weighted by Crippen LogP contribution is -2.38. The number of halogens is 3. The van der Waals surface area contributed by atoms with Gasteiger partial charge in [-0.3, -0.25) is 9.59 Å². The Hall–Kier alpha value is -3.03. The van der Waals surface area contributed by atoms with Gasteiger partial charge in [-0.05, 0) is 37.1 Å². The number of nitrogens with one attached hydrogen (secondary N) is 1. The van der Waals surface area contributed by atoms with E-state index in [0.717, 1.165) is 6.07 Å². The van der Waals surface area contributed by atoms with Crippen LogP contribution in [0.4, 0.5) is 18.9 Å². The Balaban J connectivity index is 2.18. The summed E-state index contributed by atoms with van der Waals surface area (Å²) in [4.78, 5) is 26.0. The fourth-order valence-electron chi connectivity index (χ4n) is 2.51. The van der Waals surface area contributed by atoms with E-state index in [0.29, 0.717) is 18.1 Å². The van der Waals surface area contributed by atoms with Crippen LogP contribution in [0.1, 0.15) is 29.3 Å². The summed E-state index contributed by atoms with van der Waals surface area (Å²) in [6.07, 6.45) is 0.533. The van der Waals surface area contributed by atoms with Crippen molar-refractivity contribution in [3.8, 4) is 5.75 Å². The van der Waals surface area contributed by atoms with Crippen molar-refractivity contribution in [3.05, 3.63) is 58.9 Å². The zero-order valence-electron chi connectivity index (χ0n) is 14.9. The summed E-state index contributed by atoms with van der Waals surface area (Å²) in [5.41, 5.74) is 0.0158. The van der Waals surface area contributed by atoms with Crippen LogP contribution in [0.15, 0.2) is 30.3 Å². The molecule has 27 heavy (non-hydrogen) atoms. The molecule has 0 saturated heterocycles. The SMILES string of the molecule is CCCN(CC(=O)Nc1ccc(F)c(F)c1F)C(=O)c1cccc(C)c1O. The van der Waals surface area contributed by atoms with Crippen molar-refractivity contribution in [3.63, 3.8) is 0 Å². The number of nitrogens with zero attached hydrogens (tertiary/aromatic N) is 1. The number of benzene rings is 2. The monoisotopic (exact) mass is 380 g/mol. The van der Waals surface area contributed by atoms with E-state index in [2.05, 4.69) is 5.32 Å². The second kappa shape index (κ2) is 8.57. The maximum atomic E-state index is 13.7. The van der Waals surface area contributed by atoms with Crippen molar-refractivity contribution in [2.45, 2.75) is 20.3 Å². The molecule has 0 bridgehead atoms. The van der Waals surface area contributed by atoms with E-state index < -0.39 is 41.5 Å². The first-order valence-electron chi connectivity index (χ1n) is 8.27. The van der Waals surface area contributed by atoms with Crippen molar-refractivity contribution in [1.82, 2.24) is 4.90 Å². The first-order chi connectivity index (χ1) is 12.8. The minimum absolute atomic E-state index is 0.0373. The minimum atomic E-state index is -1.70. The van der Waals surface area contributed by atoms with Gasteiger partial charge in [-0.15, -0.1) is 0 Å². The van der Waals surface area contributed by atoms with Crippen molar-refractivity contribution < 1.29 is 27.9 Å². The Morgan fingerprint density at radius 3 is 2.48 bits per heavy atom. The second-order valence-corrected chi connectivity index (χ2v) is 5.97. The van der Waals surface area contributed by atoms with Crippen LogP contribution >= 0.6 is 0 Å². The molecule has 0 atom stereocenters. The minimum Gasteiger partial charge on any atom is -0.507 e. The average Bonchev–Trinajstić information content (AvgIpc) is 2.63. The number of anilines is 1. The van der Waals surface area contributed by atoms with Crippen molar-refractivity contribution in [2.75, 3.05) is 18.4 Å². The topological polar surface area (TPSA) is 69.6 Å². The third-order valence-electron chi connectivity index (χ3n) is 3.89. The Bertz CT molecular complexity index is 872. The first kappa shape index (κ1) is 20.3. The smallest absolute Gasteiger partial charge is 0.258 e. The molecule has 0 unspecified atom stereocenters. The van der Waals surface area contributed by atoms with E-state index >= 15 is 0 Å². The van der Waals surface area contributed by atoms with Crippen LogP contribution < -0.4 is 5.32 Å². The molecule has 0 aliphatic carbocycles. The maximum Gasteiger partial charge on any atom is 0.258 e. The number of aryl methyl sites for hydroxylation is 1.